The highest BCUT2D eigenvalue weighted by Crippen LogP contribution is 2.08. The van der Waals surface area contributed by atoms with Crippen molar-refractivity contribution < 1.29 is 9.90 Å². The van der Waals surface area contributed by atoms with Gasteiger partial charge in [0.25, 0.3) is 0 Å². The highest BCUT2D eigenvalue weighted by Gasteiger charge is 2.10. The molecule has 0 aliphatic heterocycles. The van der Waals surface area contributed by atoms with E-state index in [4.69, 9.17) is 22.4 Å². The molecule has 0 aromatic rings. The zero-order valence-electron chi connectivity index (χ0n) is 6.79. The summed E-state index contributed by atoms with van der Waals surface area (Å²) in [5, 5.41) is 8.43. The van der Waals surface area contributed by atoms with Gasteiger partial charge in [-0.3, -0.25) is 4.79 Å². The van der Waals surface area contributed by atoms with Crippen molar-refractivity contribution in [3.8, 4) is 0 Å². The van der Waals surface area contributed by atoms with E-state index in [1.807, 2.05) is 6.92 Å². The molecule has 0 saturated heterocycles. The zero-order chi connectivity index (χ0) is 9.56. The molecule has 0 unspecified atom stereocenters. The average molecular weight is 210 g/mol. The van der Waals surface area contributed by atoms with Gasteiger partial charge in [-0.1, -0.05) is 17.2 Å². The predicted octanol–water partition coefficient (Wildman–Crippen LogP) is 1.27. The van der Waals surface area contributed by atoms with E-state index in [1.165, 1.54) is 17.3 Å². The molecule has 3 N–H and O–H groups in total. The number of carbonyl (C=O) groups is 1. The zero-order valence-corrected chi connectivity index (χ0v) is 8.36. The van der Waals surface area contributed by atoms with Crippen molar-refractivity contribution in [3.05, 3.63) is 11.1 Å². The molecular formula is C7H12ClNO2S. The Bertz CT molecular complexity index is 184. The molecule has 0 rings (SSSR count). The average Bonchev–Trinajstić information content (AvgIpc) is 2.03. The molecule has 0 amide bonds. The number of carboxylic acids is 1. The fourth-order valence-electron chi connectivity index (χ4n) is 0.450. The first kappa shape index (κ1) is 11.8. The summed E-state index contributed by atoms with van der Waals surface area (Å²) < 4.78 is 0. The number of rotatable bonds is 5. The standard InChI is InChI=1S/C7H12ClNO2S/c1-5(2-8)3-12-4-6(9)7(10)11/h2,6H,3-4,9H2,1H3,(H,10,11)/t6-/m0/s1. The Hall–Kier alpha value is -0.190. The third-order valence-electron chi connectivity index (χ3n) is 1.13. The van der Waals surface area contributed by atoms with E-state index >= 15 is 0 Å². The third kappa shape index (κ3) is 5.46. The van der Waals surface area contributed by atoms with Gasteiger partial charge in [-0.2, -0.15) is 11.8 Å². The lowest BCUT2D eigenvalue weighted by Gasteiger charge is -2.04. The molecule has 1 atom stereocenters. The van der Waals surface area contributed by atoms with Gasteiger partial charge in [-0.25, -0.2) is 0 Å². The summed E-state index contributed by atoms with van der Waals surface area (Å²) in [6.07, 6.45) is 0. The van der Waals surface area contributed by atoms with E-state index in [2.05, 4.69) is 0 Å². The van der Waals surface area contributed by atoms with Gasteiger partial charge >= 0.3 is 5.97 Å². The summed E-state index contributed by atoms with van der Waals surface area (Å²) in [6, 6.07) is -0.780. The monoisotopic (exact) mass is 209 g/mol. The fourth-order valence-corrected chi connectivity index (χ4v) is 1.54. The summed E-state index contributed by atoms with van der Waals surface area (Å²) in [5.74, 6) is 0.178. The topological polar surface area (TPSA) is 63.3 Å². The number of hydrogen-bond acceptors (Lipinski definition) is 3. The van der Waals surface area contributed by atoms with Crippen LogP contribution in [0, 0.1) is 0 Å². The van der Waals surface area contributed by atoms with Gasteiger partial charge in [0.15, 0.2) is 0 Å². The predicted molar refractivity (Wildman–Crippen MR) is 52.5 cm³/mol. The van der Waals surface area contributed by atoms with Crippen LogP contribution in [0.5, 0.6) is 0 Å². The van der Waals surface area contributed by atoms with Crippen LogP contribution in [0.4, 0.5) is 0 Å². The molecule has 0 heterocycles. The van der Waals surface area contributed by atoms with Crippen molar-refractivity contribution in [3.63, 3.8) is 0 Å². The second kappa shape index (κ2) is 6.34. The van der Waals surface area contributed by atoms with Crippen LogP contribution in [0.2, 0.25) is 0 Å². The molecule has 0 saturated carbocycles. The Labute approximate surface area is 81.0 Å². The number of nitrogens with two attached hydrogens (primary N) is 1. The van der Waals surface area contributed by atoms with Crippen LogP contribution in [0.3, 0.4) is 0 Å². The molecule has 0 aliphatic carbocycles. The molecule has 0 bridgehead atoms. The van der Waals surface area contributed by atoms with Gasteiger partial charge in [0.05, 0.1) is 0 Å². The molecular weight excluding hydrogens is 198 g/mol. The Morgan fingerprint density at radius 1 is 1.83 bits per heavy atom. The second-order valence-electron chi connectivity index (χ2n) is 2.42. The SMILES string of the molecule is CC(=CCl)CSC[C@H](N)C(=O)O. The number of aliphatic carboxylic acids is 1. The summed E-state index contributed by atoms with van der Waals surface area (Å²) in [6.45, 7) is 1.88. The molecule has 0 radical (unpaired) electrons. The molecule has 0 fully saturated rings. The van der Waals surface area contributed by atoms with Crippen molar-refractivity contribution in [1.82, 2.24) is 0 Å². The second-order valence-corrected chi connectivity index (χ2v) is 3.66. The van der Waals surface area contributed by atoms with Crippen molar-refractivity contribution >= 4 is 29.3 Å². The summed E-state index contributed by atoms with van der Waals surface area (Å²) >= 11 is 6.87. The van der Waals surface area contributed by atoms with Gasteiger partial charge in [0, 0.05) is 17.0 Å². The Morgan fingerprint density at radius 3 is 2.83 bits per heavy atom. The first-order chi connectivity index (χ1) is 5.57. The van der Waals surface area contributed by atoms with Gasteiger partial charge < -0.3 is 10.8 Å². The Kier molecular flexibility index (Phi) is 6.24. The van der Waals surface area contributed by atoms with Gasteiger partial charge in [-0.05, 0) is 6.92 Å². The van der Waals surface area contributed by atoms with Crippen LogP contribution in [-0.4, -0.2) is 28.6 Å². The lowest BCUT2D eigenvalue weighted by molar-refractivity contribution is -0.137. The first-order valence-electron chi connectivity index (χ1n) is 3.40. The van der Waals surface area contributed by atoms with E-state index in [-0.39, 0.29) is 0 Å². The van der Waals surface area contributed by atoms with Crippen molar-refractivity contribution in [2.45, 2.75) is 13.0 Å². The molecule has 70 valence electrons. The number of carboxylic acid groups (broad SMARTS) is 1. The molecule has 0 aromatic heterocycles. The van der Waals surface area contributed by atoms with Crippen molar-refractivity contribution in [2.24, 2.45) is 5.73 Å². The van der Waals surface area contributed by atoms with Crippen LogP contribution in [0.15, 0.2) is 11.1 Å². The highest BCUT2D eigenvalue weighted by atomic mass is 35.5. The largest absolute Gasteiger partial charge is 0.480 e. The molecule has 0 spiro atoms. The van der Waals surface area contributed by atoms with Gasteiger partial charge in [-0.15, -0.1) is 0 Å². The normalized spacial score (nSPS) is 14.4. The first-order valence-corrected chi connectivity index (χ1v) is 4.99. The quantitative estimate of drug-likeness (QED) is 0.716. The smallest absolute Gasteiger partial charge is 0.321 e. The molecule has 5 heteroatoms. The minimum absolute atomic E-state index is 0.414. The number of thioether (sulfide) groups is 1. The summed E-state index contributed by atoms with van der Waals surface area (Å²) in [7, 11) is 0. The van der Waals surface area contributed by atoms with Crippen molar-refractivity contribution in [2.75, 3.05) is 11.5 Å². The highest BCUT2D eigenvalue weighted by molar-refractivity contribution is 7.99. The molecule has 0 aromatic carbocycles. The lowest BCUT2D eigenvalue weighted by atomic mass is 10.4. The summed E-state index contributed by atoms with van der Waals surface area (Å²) in [4.78, 5) is 10.3. The summed E-state index contributed by atoms with van der Waals surface area (Å²) in [5.41, 5.74) is 7.77. The van der Waals surface area contributed by atoms with Gasteiger partial charge in [0.2, 0.25) is 0 Å². The van der Waals surface area contributed by atoms with Crippen LogP contribution < -0.4 is 5.73 Å². The van der Waals surface area contributed by atoms with E-state index in [1.54, 1.807) is 0 Å². The lowest BCUT2D eigenvalue weighted by Crippen LogP contribution is -2.32. The van der Waals surface area contributed by atoms with E-state index in [0.717, 1.165) is 11.3 Å². The maximum absolute atomic E-state index is 10.3. The number of hydrogen-bond donors (Lipinski definition) is 2. The minimum atomic E-state index is -0.963. The van der Waals surface area contributed by atoms with Crippen LogP contribution in [-0.2, 0) is 4.79 Å². The van der Waals surface area contributed by atoms with Crippen LogP contribution >= 0.6 is 23.4 Å². The maximum atomic E-state index is 10.3. The Balaban J connectivity index is 3.50. The van der Waals surface area contributed by atoms with E-state index in [0.29, 0.717) is 5.75 Å². The number of halogens is 1. The molecule has 0 aliphatic rings. The van der Waals surface area contributed by atoms with Crippen LogP contribution in [0.1, 0.15) is 6.92 Å². The molecule has 3 nitrogen and oxygen atoms in total. The Morgan fingerprint density at radius 2 is 2.42 bits per heavy atom. The van der Waals surface area contributed by atoms with Crippen LogP contribution in [0.25, 0.3) is 0 Å². The minimum Gasteiger partial charge on any atom is -0.480 e. The molecule has 12 heavy (non-hydrogen) atoms. The van der Waals surface area contributed by atoms with E-state index < -0.39 is 12.0 Å². The maximum Gasteiger partial charge on any atom is 0.321 e. The van der Waals surface area contributed by atoms with Gasteiger partial charge in [0.1, 0.15) is 6.04 Å². The fraction of sp³-hybridized carbons (Fsp3) is 0.571. The third-order valence-corrected chi connectivity index (χ3v) is 2.76. The van der Waals surface area contributed by atoms with E-state index in [9.17, 15) is 4.79 Å². The van der Waals surface area contributed by atoms with Crippen molar-refractivity contribution in [1.29, 1.82) is 0 Å².